The smallest absolute Gasteiger partial charge is 0.0558 e. The Morgan fingerprint density at radius 2 is 1.90 bits per heavy atom. The molecule has 0 aromatic heterocycles. The van der Waals surface area contributed by atoms with E-state index in [-0.39, 0.29) is 19.3 Å². The summed E-state index contributed by atoms with van der Waals surface area (Å²) in [6, 6.07) is 6.09. The van der Waals surface area contributed by atoms with E-state index in [1.54, 1.807) is 0 Å². The summed E-state index contributed by atoms with van der Waals surface area (Å²) < 4.78 is 0.966. The molecule has 1 rings (SSSR count). The highest BCUT2D eigenvalue weighted by Gasteiger charge is 2.15. The number of nitrogens with zero attached hydrogens (tertiary/aromatic N) is 1. The molecule has 6 heteroatoms. The second-order valence-corrected chi connectivity index (χ2v) is 6.18. The summed E-state index contributed by atoms with van der Waals surface area (Å²) in [6.45, 7) is 5.08. The number of nitrogens with one attached hydrogen (secondary N) is 1. The molecular formula is C15H24BrClN2O2. The van der Waals surface area contributed by atoms with Crippen LogP contribution in [0.25, 0.3) is 0 Å². The van der Waals surface area contributed by atoms with E-state index in [4.69, 9.17) is 21.8 Å². The molecule has 0 spiro atoms. The van der Waals surface area contributed by atoms with Crippen LogP contribution in [0.3, 0.4) is 0 Å². The first-order valence-corrected chi connectivity index (χ1v) is 8.41. The molecule has 0 saturated carbocycles. The second kappa shape index (κ2) is 10.5. The maximum Gasteiger partial charge on any atom is 0.0558 e. The van der Waals surface area contributed by atoms with Crippen molar-refractivity contribution < 1.29 is 10.2 Å². The zero-order valence-electron chi connectivity index (χ0n) is 12.4. The second-order valence-electron chi connectivity index (χ2n) is 4.85. The normalized spacial score (nSPS) is 12.9. The minimum Gasteiger partial charge on any atom is -0.395 e. The van der Waals surface area contributed by atoms with Gasteiger partial charge in [0.1, 0.15) is 0 Å². The van der Waals surface area contributed by atoms with Crippen molar-refractivity contribution >= 4 is 27.5 Å². The van der Waals surface area contributed by atoms with Crippen molar-refractivity contribution in [3.05, 3.63) is 33.3 Å². The number of halogens is 2. The summed E-state index contributed by atoms with van der Waals surface area (Å²) in [7, 11) is 0. The van der Waals surface area contributed by atoms with Gasteiger partial charge in [0.2, 0.25) is 0 Å². The van der Waals surface area contributed by atoms with Crippen LogP contribution in [0.5, 0.6) is 0 Å². The van der Waals surface area contributed by atoms with Gasteiger partial charge in [-0.25, -0.2) is 0 Å². The lowest BCUT2D eigenvalue weighted by atomic mass is 10.0. The minimum atomic E-state index is 0.102. The highest BCUT2D eigenvalue weighted by Crippen LogP contribution is 2.28. The summed E-state index contributed by atoms with van der Waals surface area (Å²) >= 11 is 9.75. The molecule has 3 N–H and O–H groups in total. The molecule has 1 aromatic rings. The fourth-order valence-electron chi connectivity index (χ4n) is 2.33. The van der Waals surface area contributed by atoms with Crippen molar-refractivity contribution in [2.24, 2.45) is 0 Å². The van der Waals surface area contributed by atoms with Gasteiger partial charge in [0, 0.05) is 35.2 Å². The molecule has 0 bridgehead atoms. The average Bonchev–Trinajstić information content (AvgIpc) is 2.44. The topological polar surface area (TPSA) is 55.7 Å². The summed E-state index contributed by atoms with van der Waals surface area (Å²) in [6.07, 6.45) is 0.870. The van der Waals surface area contributed by atoms with Crippen LogP contribution in [-0.4, -0.2) is 54.5 Å². The molecule has 4 nitrogen and oxygen atoms in total. The van der Waals surface area contributed by atoms with Crippen molar-refractivity contribution in [3.63, 3.8) is 0 Å². The van der Waals surface area contributed by atoms with Gasteiger partial charge in [-0.2, -0.15) is 0 Å². The Labute approximate surface area is 140 Å². The van der Waals surface area contributed by atoms with E-state index in [0.29, 0.717) is 13.1 Å². The Balaban J connectivity index is 2.72. The van der Waals surface area contributed by atoms with Gasteiger partial charge in [0.05, 0.1) is 13.2 Å². The van der Waals surface area contributed by atoms with Gasteiger partial charge in [-0.15, -0.1) is 0 Å². The van der Waals surface area contributed by atoms with Gasteiger partial charge >= 0.3 is 0 Å². The van der Waals surface area contributed by atoms with E-state index in [1.165, 1.54) is 0 Å². The standard InChI is InChI=1S/C15H24BrClN2O2/c1-2-18-15(5-6-19(7-9-20)8-10-21)13-4-3-12(16)11-14(13)17/h3-4,11,15,18,20-21H,2,5-10H2,1H3. The first-order valence-electron chi connectivity index (χ1n) is 7.24. The monoisotopic (exact) mass is 378 g/mol. The van der Waals surface area contributed by atoms with E-state index in [2.05, 4.69) is 33.1 Å². The van der Waals surface area contributed by atoms with Gasteiger partial charge < -0.3 is 15.5 Å². The SMILES string of the molecule is CCNC(CCN(CCO)CCO)c1ccc(Br)cc1Cl. The van der Waals surface area contributed by atoms with Crippen molar-refractivity contribution in [2.45, 2.75) is 19.4 Å². The summed E-state index contributed by atoms with van der Waals surface area (Å²) in [5.41, 5.74) is 1.08. The van der Waals surface area contributed by atoms with Gasteiger partial charge in [-0.1, -0.05) is 40.5 Å². The number of aliphatic hydroxyl groups excluding tert-OH is 2. The zero-order valence-corrected chi connectivity index (χ0v) is 14.7. The van der Waals surface area contributed by atoms with Crippen LogP contribution in [0.2, 0.25) is 5.02 Å². The third-order valence-electron chi connectivity index (χ3n) is 3.35. The number of aliphatic hydroxyl groups is 2. The molecular weight excluding hydrogens is 356 g/mol. The molecule has 1 aromatic carbocycles. The van der Waals surface area contributed by atoms with Crippen molar-refractivity contribution in [1.29, 1.82) is 0 Å². The predicted octanol–water partition coefficient (Wildman–Crippen LogP) is 2.43. The quantitative estimate of drug-likeness (QED) is 0.584. The fourth-order valence-corrected chi connectivity index (χ4v) is 3.13. The van der Waals surface area contributed by atoms with Crippen LogP contribution in [0, 0.1) is 0 Å². The summed E-state index contributed by atoms with van der Waals surface area (Å²) in [5, 5.41) is 22.3. The highest BCUT2D eigenvalue weighted by atomic mass is 79.9. The number of rotatable bonds is 10. The van der Waals surface area contributed by atoms with Crippen LogP contribution >= 0.6 is 27.5 Å². The van der Waals surface area contributed by atoms with Crippen LogP contribution in [0.15, 0.2) is 22.7 Å². The molecule has 0 radical (unpaired) electrons. The van der Waals surface area contributed by atoms with Crippen LogP contribution in [0.4, 0.5) is 0 Å². The van der Waals surface area contributed by atoms with Crippen molar-refractivity contribution in [2.75, 3.05) is 39.4 Å². The lowest BCUT2D eigenvalue weighted by molar-refractivity contribution is 0.156. The fraction of sp³-hybridized carbons (Fsp3) is 0.600. The summed E-state index contributed by atoms with van der Waals surface area (Å²) in [5.74, 6) is 0. The molecule has 1 atom stereocenters. The lowest BCUT2D eigenvalue weighted by Crippen LogP contribution is -2.33. The molecule has 0 saturated heterocycles. The van der Waals surface area contributed by atoms with Crippen molar-refractivity contribution in [1.82, 2.24) is 10.2 Å². The Bertz CT molecular complexity index is 415. The van der Waals surface area contributed by atoms with Crippen LogP contribution < -0.4 is 5.32 Å². The number of hydrogen-bond donors (Lipinski definition) is 3. The van der Waals surface area contributed by atoms with Gasteiger partial charge in [0.15, 0.2) is 0 Å². The Kier molecular flexibility index (Phi) is 9.47. The van der Waals surface area contributed by atoms with Crippen LogP contribution in [0.1, 0.15) is 24.9 Å². The zero-order chi connectivity index (χ0) is 15.7. The Morgan fingerprint density at radius 3 is 2.43 bits per heavy atom. The van der Waals surface area contributed by atoms with Gasteiger partial charge in [-0.05, 0) is 30.7 Å². The molecule has 0 heterocycles. The molecule has 1 unspecified atom stereocenters. The lowest BCUT2D eigenvalue weighted by Gasteiger charge is -2.25. The first kappa shape index (κ1) is 18.9. The number of benzene rings is 1. The molecule has 120 valence electrons. The molecule has 21 heavy (non-hydrogen) atoms. The molecule has 0 amide bonds. The summed E-state index contributed by atoms with van der Waals surface area (Å²) in [4.78, 5) is 2.05. The molecule has 0 fully saturated rings. The van der Waals surface area contributed by atoms with Crippen molar-refractivity contribution in [3.8, 4) is 0 Å². The van der Waals surface area contributed by atoms with E-state index < -0.39 is 0 Å². The average molecular weight is 380 g/mol. The van der Waals surface area contributed by atoms with Crippen LogP contribution in [-0.2, 0) is 0 Å². The first-order chi connectivity index (χ1) is 10.1. The van der Waals surface area contributed by atoms with E-state index in [0.717, 1.165) is 34.6 Å². The maximum atomic E-state index is 9.06. The van der Waals surface area contributed by atoms with E-state index in [9.17, 15) is 0 Å². The van der Waals surface area contributed by atoms with E-state index >= 15 is 0 Å². The van der Waals surface area contributed by atoms with Gasteiger partial charge in [-0.3, -0.25) is 4.90 Å². The predicted molar refractivity (Wildman–Crippen MR) is 90.8 cm³/mol. The maximum absolute atomic E-state index is 9.06. The molecule has 0 aliphatic rings. The Hall–Kier alpha value is -0.170. The third kappa shape index (κ3) is 6.63. The van der Waals surface area contributed by atoms with Gasteiger partial charge in [0.25, 0.3) is 0 Å². The van der Waals surface area contributed by atoms with E-state index in [1.807, 2.05) is 18.2 Å². The highest BCUT2D eigenvalue weighted by molar-refractivity contribution is 9.10. The number of hydrogen-bond acceptors (Lipinski definition) is 4. The molecule has 0 aliphatic heterocycles. The molecule has 0 aliphatic carbocycles. The third-order valence-corrected chi connectivity index (χ3v) is 4.18. The largest absolute Gasteiger partial charge is 0.395 e. The minimum absolute atomic E-state index is 0.102. The Morgan fingerprint density at radius 1 is 1.24 bits per heavy atom.